The third-order valence-electron chi connectivity index (χ3n) is 3.21. The minimum atomic E-state index is -2.27. The molecule has 2 aromatic rings. The molecule has 0 aliphatic carbocycles. The molecule has 0 spiro atoms. The second-order valence-corrected chi connectivity index (χ2v) is 5.17. The molecule has 0 heterocycles. The van der Waals surface area contributed by atoms with Crippen LogP contribution in [0.2, 0.25) is 0 Å². The molecule has 0 saturated heterocycles. The average molecular weight is 363 g/mol. The topological polar surface area (TPSA) is 12.0 Å². The van der Waals surface area contributed by atoms with Gasteiger partial charge in [0.15, 0.2) is 23.3 Å². The predicted octanol–water partition coefficient (Wildman–Crippen LogP) is 5.58. The molecule has 0 bridgehead atoms. The molecule has 0 radical (unpaired) electrons. The summed E-state index contributed by atoms with van der Waals surface area (Å²) in [6.07, 6.45) is 2.50. The summed E-state index contributed by atoms with van der Waals surface area (Å²) >= 11 is 0. The molecule has 138 valence electrons. The van der Waals surface area contributed by atoms with Gasteiger partial charge in [0.1, 0.15) is 5.82 Å². The van der Waals surface area contributed by atoms with Gasteiger partial charge in [-0.25, -0.2) is 26.3 Å². The van der Waals surface area contributed by atoms with E-state index in [0.717, 1.165) is 12.1 Å². The highest BCUT2D eigenvalue weighted by Gasteiger charge is 2.27. The molecule has 0 saturated carbocycles. The number of rotatable bonds is 5. The van der Waals surface area contributed by atoms with E-state index in [1.165, 1.54) is 38.1 Å². The van der Waals surface area contributed by atoms with E-state index in [0.29, 0.717) is 0 Å². The Bertz CT molecular complexity index is 669. The Balaban J connectivity index is 0.000000381. The molecule has 0 aromatic heterocycles. The Hall–Kier alpha value is -2.02. The summed E-state index contributed by atoms with van der Waals surface area (Å²) < 4.78 is 78.8. The van der Waals surface area contributed by atoms with Crippen molar-refractivity contribution < 1.29 is 26.3 Å². The lowest BCUT2D eigenvalue weighted by atomic mass is 10.0. The van der Waals surface area contributed by atoms with Crippen LogP contribution in [0.1, 0.15) is 26.7 Å². The SMILES string of the molecule is CCCNCCC.Fc1ccccc1-c1c(F)c(F)c(F)c(F)c1F. The van der Waals surface area contributed by atoms with Crippen LogP contribution in [0.5, 0.6) is 0 Å². The molecule has 0 amide bonds. The van der Waals surface area contributed by atoms with Gasteiger partial charge in [-0.1, -0.05) is 32.0 Å². The van der Waals surface area contributed by atoms with Crippen LogP contribution in [0, 0.1) is 34.9 Å². The predicted molar refractivity (Wildman–Crippen MR) is 85.1 cm³/mol. The van der Waals surface area contributed by atoms with Crippen LogP contribution in [0.4, 0.5) is 26.3 Å². The monoisotopic (exact) mass is 363 g/mol. The highest BCUT2D eigenvalue weighted by Crippen LogP contribution is 2.32. The third-order valence-corrected chi connectivity index (χ3v) is 3.21. The van der Waals surface area contributed by atoms with Gasteiger partial charge >= 0.3 is 0 Å². The van der Waals surface area contributed by atoms with E-state index < -0.39 is 46.0 Å². The van der Waals surface area contributed by atoms with Gasteiger partial charge in [0.2, 0.25) is 5.82 Å². The highest BCUT2D eigenvalue weighted by molar-refractivity contribution is 5.65. The Kier molecular flexibility index (Phi) is 8.48. The second kappa shape index (κ2) is 10.1. The summed E-state index contributed by atoms with van der Waals surface area (Å²) in [5.74, 6) is -11.7. The Labute approximate surface area is 142 Å². The maximum atomic E-state index is 13.4. The van der Waals surface area contributed by atoms with Gasteiger partial charge < -0.3 is 5.32 Å². The number of hydrogen-bond donors (Lipinski definition) is 1. The number of benzene rings is 2. The van der Waals surface area contributed by atoms with E-state index in [1.807, 2.05) is 0 Å². The van der Waals surface area contributed by atoms with Crippen LogP contribution in [0.25, 0.3) is 11.1 Å². The fourth-order valence-electron chi connectivity index (χ4n) is 1.98. The maximum Gasteiger partial charge on any atom is 0.200 e. The van der Waals surface area contributed by atoms with Crippen molar-refractivity contribution in [2.45, 2.75) is 26.7 Å². The molecule has 1 nitrogen and oxygen atoms in total. The minimum absolute atomic E-state index is 0.690. The highest BCUT2D eigenvalue weighted by atomic mass is 19.2. The molecule has 0 atom stereocenters. The van der Waals surface area contributed by atoms with Crippen LogP contribution >= 0.6 is 0 Å². The number of halogens is 6. The van der Waals surface area contributed by atoms with Crippen molar-refractivity contribution in [3.8, 4) is 11.1 Å². The van der Waals surface area contributed by atoms with Gasteiger partial charge in [0, 0.05) is 5.56 Å². The third kappa shape index (κ3) is 5.22. The van der Waals surface area contributed by atoms with Gasteiger partial charge in [-0.3, -0.25) is 0 Å². The quantitative estimate of drug-likeness (QED) is 0.316. The van der Waals surface area contributed by atoms with Gasteiger partial charge in [0.05, 0.1) is 5.56 Å². The first-order valence-corrected chi connectivity index (χ1v) is 7.83. The van der Waals surface area contributed by atoms with E-state index >= 15 is 0 Å². The van der Waals surface area contributed by atoms with Crippen LogP contribution in [0.3, 0.4) is 0 Å². The van der Waals surface area contributed by atoms with Crippen molar-refractivity contribution in [1.82, 2.24) is 5.32 Å². The van der Waals surface area contributed by atoms with Crippen molar-refractivity contribution in [3.63, 3.8) is 0 Å². The summed E-state index contributed by atoms with van der Waals surface area (Å²) in [6.45, 7) is 6.72. The van der Waals surface area contributed by atoms with Crippen molar-refractivity contribution >= 4 is 0 Å². The average Bonchev–Trinajstić information content (AvgIpc) is 2.61. The first-order chi connectivity index (χ1) is 11.9. The molecule has 0 fully saturated rings. The lowest BCUT2D eigenvalue weighted by Crippen LogP contribution is -2.14. The van der Waals surface area contributed by atoms with Gasteiger partial charge in [-0.2, -0.15) is 0 Å². The summed E-state index contributed by atoms with van der Waals surface area (Å²) in [5, 5.41) is 3.28. The zero-order valence-corrected chi connectivity index (χ0v) is 13.9. The van der Waals surface area contributed by atoms with Crippen molar-refractivity contribution in [3.05, 3.63) is 59.2 Å². The molecule has 7 heteroatoms. The zero-order valence-electron chi connectivity index (χ0n) is 13.9. The molecule has 1 N–H and O–H groups in total. The van der Waals surface area contributed by atoms with Crippen LogP contribution in [-0.4, -0.2) is 13.1 Å². The van der Waals surface area contributed by atoms with Crippen molar-refractivity contribution in [2.24, 2.45) is 0 Å². The van der Waals surface area contributed by atoms with Crippen molar-refractivity contribution in [1.29, 1.82) is 0 Å². The number of nitrogens with one attached hydrogen (secondary N) is 1. The molecular weight excluding hydrogens is 344 g/mol. The molecular formula is C18H19F6N. The van der Waals surface area contributed by atoms with E-state index in [4.69, 9.17) is 0 Å². The maximum absolute atomic E-state index is 13.4. The molecule has 25 heavy (non-hydrogen) atoms. The van der Waals surface area contributed by atoms with Gasteiger partial charge in [0.25, 0.3) is 0 Å². The van der Waals surface area contributed by atoms with Crippen LogP contribution in [-0.2, 0) is 0 Å². The van der Waals surface area contributed by atoms with E-state index in [2.05, 4.69) is 19.2 Å². The summed E-state index contributed by atoms with van der Waals surface area (Å²) in [4.78, 5) is 0. The lowest BCUT2D eigenvalue weighted by Gasteiger charge is -2.08. The zero-order chi connectivity index (χ0) is 19.0. The molecule has 2 aromatic carbocycles. The molecule has 0 aliphatic heterocycles. The smallest absolute Gasteiger partial charge is 0.200 e. The molecule has 0 unspecified atom stereocenters. The summed E-state index contributed by atoms with van der Waals surface area (Å²) in [5.41, 5.74) is -1.96. The largest absolute Gasteiger partial charge is 0.317 e. The van der Waals surface area contributed by atoms with E-state index in [9.17, 15) is 26.3 Å². The second-order valence-electron chi connectivity index (χ2n) is 5.17. The van der Waals surface area contributed by atoms with Gasteiger partial charge in [-0.15, -0.1) is 0 Å². The Morgan fingerprint density at radius 3 is 1.56 bits per heavy atom. The minimum Gasteiger partial charge on any atom is -0.317 e. The Morgan fingerprint density at radius 2 is 1.12 bits per heavy atom. The molecule has 0 aliphatic rings. The molecule has 2 rings (SSSR count). The van der Waals surface area contributed by atoms with Crippen molar-refractivity contribution in [2.75, 3.05) is 13.1 Å². The summed E-state index contributed by atoms with van der Waals surface area (Å²) in [6, 6.07) is 4.22. The van der Waals surface area contributed by atoms with Crippen LogP contribution < -0.4 is 5.32 Å². The lowest BCUT2D eigenvalue weighted by molar-refractivity contribution is 0.381. The normalized spacial score (nSPS) is 10.4. The first-order valence-electron chi connectivity index (χ1n) is 7.83. The van der Waals surface area contributed by atoms with Crippen LogP contribution in [0.15, 0.2) is 24.3 Å². The van der Waals surface area contributed by atoms with Gasteiger partial charge in [-0.05, 0) is 32.0 Å². The first kappa shape index (κ1) is 21.0. The Morgan fingerprint density at radius 1 is 0.680 bits per heavy atom. The van der Waals surface area contributed by atoms with E-state index in [-0.39, 0.29) is 0 Å². The standard InChI is InChI=1S/C12H4F6.C6H15N/c13-6-4-2-1-3-5(6)7-8(14)10(16)12(18)11(17)9(7)15;1-3-5-7-6-4-2/h1-4H;7H,3-6H2,1-2H3. The fourth-order valence-corrected chi connectivity index (χ4v) is 1.98. The summed E-state index contributed by atoms with van der Waals surface area (Å²) in [7, 11) is 0. The number of hydrogen-bond acceptors (Lipinski definition) is 1. The fraction of sp³-hybridized carbons (Fsp3) is 0.333. The van der Waals surface area contributed by atoms with E-state index in [1.54, 1.807) is 0 Å².